The first kappa shape index (κ1) is 11.2. The fourth-order valence-corrected chi connectivity index (χ4v) is 2.57. The Balaban J connectivity index is 1.79. The maximum atomic E-state index is 4.65. The van der Waals surface area contributed by atoms with Crippen LogP contribution < -0.4 is 0 Å². The lowest BCUT2D eigenvalue weighted by atomic mass is 10.2. The van der Waals surface area contributed by atoms with Gasteiger partial charge < -0.3 is 0 Å². The fourth-order valence-electron chi connectivity index (χ4n) is 1.78. The van der Waals surface area contributed by atoms with Crippen molar-refractivity contribution in [1.29, 1.82) is 0 Å². The maximum Gasteiger partial charge on any atom is 0.0705 e. The third-order valence-corrected chi connectivity index (χ3v) is 3.74. The van der Waals surface area contributed by atoms with Gasteiger partial charge in [-0.05, 0) is 24.3 Å². The van der Waals surface area contributed by atoms with E-state index in [1.807, 2.05) is 36.7 Å². The lowest BCUT2D eigenvalue weighted by molar-refractivity contribution is 1.21. The number of hydrogen-bond acceptors (Lipinski definition) is 3. The Labute approximate surface area is 110 Å². The van der Waals surface area contributed by atoms with Crippen molar-refractivity contribution in [3.8, 4) is 0 Å². The SMILES string of the molecule is c1ccc2nc(CSc3ccncc3)ccc2c1. The standard InChI is InChI=1S/C15H12N2S/c1-2-4-15-12(3-1)5-6-13(17-15)11-18-14-7-9-16-10-8-14/h1-10H,11H2. The second kappa shape index (κ2) is 5.19. The molecule has 0 saturated heterocycles. The van der Waals surface area contributed by atoms with Crippen LogP contribution in [0.5, 0.6) is 0 Å². The molecule has 0 amide bonds. The van der Waals surface area contributed by atoms with Crippen LogP contribution in [0.1, 0.15) is 5.69 Å². The third-order valence-electron chi connectivity index (χ3n) is 2.69. The molecular weight excluding hydrogens is 240 g/mol. The molecule has 0 atom stereocenters. The highest BCUT2D eigenvalue weighted by atomic mass is 32.2. The Morgan fingerprint density at radius 3 is 2.61 bits per heavy atom. The van der Waals surface area contributed by atoms with E-state index in [-0.39, 0.29) is 0 Å². The minimum atomic E-state index is 0.884. The molecule has 1 aromatic carbocycles. The number of benzene rings is 1. The number of nitrogens with zero attached hydrogens (tertiary/aromatic N) is 2. The van der Waals surface area contributed by atoms with Gasteiger partial charge in [-0.25, -0.2) is 0 Å². The summed E-state index contributed by atoms with van der Waals surface area (Å²) in [7, 11) is 0. The summed E-state index contributed by atoms with van der Waals surface area (Å²) < 4.78 is 0. The zero-order chi connectivity index (χ0) is 12.2. The Hall–Kier alpha value is -1.87. The number of fused-ring (bicyclic) bond motifs is 1. The second-order valence-electron chi connectivity index (χ2n) is 3.97. The molecule has 0 bridgehead atoms. The van der Waals surface area contributed by atoms with Crippen molar-refractivity contribution >= 4 is 22.7 Å². The van der Waals surface area contributed by atoms with E-state index < -0.39 is 0 Å². The van der Waals surface area contributed by atoms with Crippen LogP contribution in [0.2, 0.25) is 0 Å². The molecule has 2 aromatic heterocycles. The number of pyridine rings is 2. The average molecular weight is 252 g/mol. The molecule has 0 radical (unpaired) electrons. The van der Waals surface area contributed by atoms with Gasteiger partial charge in [0.05, 0.1) is 11.2 Å². The van der Waals surface area contributed by atoms with E-state index >= 15 is 0 Å². The van der Waals surface area contributed by atoms with E-state index in [0.717, 1.165) is 17.0 Å². The predicted molar refractivity (Wildman–Crippen MR) is 75.5 cm³/mol. The predicted octanol–water partition coefficient (Wildman–Crippen LogP) is 3.92. The summed E-state index contributed by atoms with van der Waals surface area (Å²) in [4.78, 5) is 9.89. The highest BCUT2D eigenvalue weighted by Crippen LogP contribution is 2.22. The molecule has 0 spiro atoms. The molecule has 3 aromatic rings. The molecule has 0 aliphatic heterocycles. The molecule has 2 nitrogen and oxygen atoms in total. The van der Waals surface area contributed by atoms with Crippen molar-refractivity contribution < 1.29 is 0 Å². The first-order valence-corrected chi connectivity index (χ1v) is 6.78. The summed E-state index contributed by atoms with van der Waals surface area (Å²) in [6.45, 7) is 0. The second-order valence-corrected chi connectivity index (χ2v) is 5.02. The summed E-state index contributed by atoms with van der Waals surface area (Å²) in [6.07, 6.45) is 3.63. The molecule has 2 heterocycles. The van der Waals surface area contributed by atoms with E-state index in [2.05, 4.69) is 34.2 Å². The van der Waals surface area contributed by atoms with Crippen LogP contribution in [0.3, 0.4) is 0 Å². The fraction of sp³-hybridized carbons (Fsp3) is 0.0667. The topological polar surface area (TPSA) is 25.8 Å². The third kappa shape index (κ3) is 2.51. The van der Waals surface area contributed by atoms with Crippen LogP contribution in [-0.2, 0) is 5.75 Å². The van der Waals surface area contributed by atoms with Crippen LogP contribution in [0, 0.1) is 0 Å². The van der Waals surface area contributed by atoms with Gasteiger partial charge in [-0.2, -0.15) is 0 Å². The first-order chi connectivity index (χ1) is 8.92. The molecule has 0 saturated carbocycles. The Kier molecular flexibility index (Phi) is 3.24. The smallest absolute Gasteiger partial charge is 0.0705 e. The quantitative estimate of drug-likeness (QED) is 0.661. The number of hydrogen-bond donors (Lipinski definition) is 0. The van der Waals surface area contributed by atoms with Crippen LogP contribution in [0.25, 0.3) is 10.9 Å². The van der Waals surface area contributed by atoms with Crippen molar-refractivity contribution in [1.82, 2.24) is 9.97 Å². The summed E-state index contributed by atoms with van der Waals surface area (Å²) in [5.41, 5.74) is 2.17. The van der Waals surface area contributed by atoms with Crippen LogP contribution >= 0.6 is 11.8 Å². The zero-order valence-electron chi connectivity index (χ0n) is 9.78. The molecule has 18 heavy (non-hydrogen) atoms. The number of rotatable bonds is 3. The van der Waals surface area contributed by atoms with Gasteiger partial charge in [0.2, 0.25) is 0 Å². The van der Waals surface area contributed by atoms with Gasteiger partial charge in [0, 0.05) is 28.4 Å². The molecule has 0 unspecified atom stereocenters. The monoisotopic (exact) mass is 252 g/mol. The lowest BCUT2D eigenvalue weighted by Crippen LogP contribution is -1.87. The van der Waals surface area contributed by atoms with Crippen molar-refractivity contribution in [3.63, 3.8) is 0 Å². The molecule has 3 heteroatoms. The summed E-state index contributed by atoms with van der Waals surface area (Å²) in [5.74, 6) is 0.884. The summed E-state index contributed by atoms with van der Waals surface area (Å²) in [6, 6.07) is 16.5. The van der Waals surface area contributed by atoms with Crippen molar-refractivity contribution in [2.75, 3.05) is 0 Å². The van der Waals surface area contributed by atoms with E-state index in [9.17, 15) is 0 Å². The maximum absolute atomic E-state index is 4.65. The van der Waals surface area contributed by atoms with Gasteiger partial charge in [0.15, 0.2) is 0 Å². The minimum Gasteiger partial charge on any atom is -0.265 e. The van der Waals surface area contributed by atoms with Crippen molar-refractivity contribution in [3.05, 3.63) is 66.6 Å². The van der Waals surface area contributed by atoms with E-state index in [1.165, 1.54) is 10.3 Å². The normalized spacial score (nSPS) is 10.7. The summed E-state index contributed by atoms with van der Waals surface area (Å²) >= 11 is 1.78. The number of aromatic nitrogens is 2. The molecular formula is C15H12N2S. The first-order valence-electron chi connectivity index (χ1n) is 5.79. The molecule has 0 N–H and O–H groups in total. The molecule has 0 aliphatic carbocycles. The summed E-state index contributed by atoms with van der Waals surface area (Å²) in [5, 5.41) is 1.19. The number of para-hydroxylation sites is 1. The van der Waals surface area contributed by atoms with Gasteiger partial charge in [-0.15, -0.1) is 11.8 Å². The van der Waals surface area contributed by atoms with Gasteiger partial charge >= 0.3 is 0 Å². The van der Waals surface area contributed by atoms with Gasteiger partial charge in [0.25, 0.3) is 0 Å². The minimum absolute atomic E-state index is 0.884. The largest absolute Gasteiger partial charge is 0.265 e. The molecule has 88 valence electrons. The average Bonchev–Trinajstić information content (AvgIpc) is 2.46. The van der Waals surface area contributed by atoms with E-state index in [4.69, 9.17) is 0 Å². The zero-order valence-corrected chi connectivity index (χ0v) is 10.6. The molecule has 3 rings (SSSR count). The lowest BCUT2D eigenvalue weighted by Gasteiger charge is -2.03. The van der Waals surface area contributed by atoms with Crippen molar-refractivity contribution in [2.45, 2.75) is 10.6 Å². The van der Waals surface area contributed by atoms with Crippen molar-refractivity contribution in [2.24, 2.45) is 0 Å². The van der Waals surface area contributed by atoms with Gasteiger partial charge in [-0.3, -0.25) is 9.97 Å². The van der Waals surface area contributed by atoms with E-state index in [1.54, 1.807) is 11.8 Å². The van der Waals surface area contributed by atoms with E-state index in [0.29, 0.717) is 0 Å². The molecule has 0 aliphatic rings. The van der Waals surface area contributed by atoms with Crippen LogP contribution in [0.15, 0.2) is 65.8 Å². The molecule has 0 fully saturated rings. The Bertz CT molecular complexity index is 653. The Morgan fingerprint density at radius 2 is 1.72 bits per heavy atom. The highest BCUT2D eigenvalue weighted by molar-refractivity contribution is 7.98. The van der Waals surface area contributed by atoms with Gasteiger partial charge in [-0.1, -0.05) is 24.3 Å². The van der Waals surface area contributed by atoms with Crippen LogP contribution in [0.4, 0.5) is 0 Å². The highest BCUT2D eigenvalue weighted by Gasteiger charge is 1.99. The van der Waals surface area contributed by atoms with Gasteiger partial charge in [0.1, 0.15) is 0 Å². The Morgan fingerprint density at radius 1 is 0.889 bits per heavy atom. The number of thioether (sulfide) groups is 1. The van der Waals surface area contributed by atoms with Crippen LogP contribution in [-0.4, -0.2) is 9.97 Å².